The van der Waals surface area contributed by atoms with Crippen molar-refractivity contribution >= 4 is 72.5 Å². The second kappa shape index (κ2) is 14.3. The van der Waals surface area contributed by atoms with Crippen LogP contribution in [0.2, 0.25) is 0 Å². The third kappa shape index (κ3) is 7.53. The lowest BCUT2D eigenvalue weighted by Gasteiger charge is -2.15. The van der Waals surface area contributed by atoms with E-state index in [2.05, 4.69) is 68.1 Å². The van der Waals surface area contributed by atoms with E-state index >= 15 is 0 Å². The normalized spacial score (nSPS) is 12.5. The Bertz CT molecular complexity index is 1580. The molecule has 1 aliphatic heterocycles. The predicted molar refractivity (Wildman–Crippen MR) is 180 cm³/mol. The first kappa shape index (κ1) is 31.0. The Kier molecular flexibility index (Phi) is 10.1. The Hall–Kier alpha value is -4.49. The van der Waals surface area contributed by atoms with Gasteiger partial charge in [0, 0.05) is 24.5 Å². The van der Waals surface area contributed by atoms with Gasteiger partial charge in [-0.05, 0) is 100 Å². The van der Waals surface area contributed by atoms with Crippen LogP contribution in [0.15, 0.2) is 48.5 Å². The highest BCUT2D eigenvalue weighted by atomic mass is 32.1. The third-order valence-electron chi connectivity index (χ3n) is 6.93. The summed E-state index contributed by atoms with van der Waals surface area (Å²) < 4.78 is 10.1. The molecule has 1 aliphatic rings. The van der Waals surface area contributed by atoms with E-state index in [1.807, 2.05) is 31.2 Å². The van der Waals surface area contributed by atoms with Crippen LogP contribution in [-0.2, 0) is 9.47 Å². The molecule has 13 heteroatoms. The molecule has 44 heavy (non-hydrogen) atoms. The number of hydrazine groups is 2. The number of hydrogen-bond donors (Lipinski definition) is 5. The van der Waals surface area contributed by atoms with Crippen molar-refractivity contribution in [1.29, 1.82) is 0 Å². The Morgan fingerprint density at radius 1 is 0.795 bits per heavy atom. The SMILES string of the molecule is CCOC(=O)c1nc(NNc2ccc(Nc3ccc(NNc4ccc(N5CCCC5)s4)cc3C)cc2C)sc1C(=O)OCC. The van der Waals surface area contributed by atoms with Crippen molar-refractivity contribution < 1.29 is 19.1 Å². The number of hydrogen-bond acceptors (Lipinski definition) is 13. The highest BCUT2D eigenvalue weighted by Crippen LogP contribution is 2.33. The Labute approximate surface area is 264 Å². The number of nitrogens with zero attached hydrogens (tertiary/aromatic N) is 2. The van der Waals surface area contributed by atoms with Crippen molar-refractivity contribution in [3.05, 3.63) is 70.2 Å². The van der Waals surface area contributed by atoms with Crippen LogP contribution < -0.4 is 31.9 Å². The van der Waals surface area contributed by atoms with Gasteiger partial charge in [0.05, 0.1) is 29.6 Å². The molecule has 0 radical (unpaired) electrons. The molecule has 4 aromatic rings. The van der Waals surface area contributed by atoms with Gasteiger partial charge < -0.3 is 25.1 Å². The van der Waals surface area contributed by atoms with E-state index in [1.54, 1.807) is 25.2 Å². The minimum Gasteiger partial charge on any atom is -0.462 e. The van der Waals surface area contributed by atoms with Gasteiger partial charge in [0.2, 0.25) is 5.13 Å². The number of thiazole rings is 1. The maximum atomic E-state index is 12.4. The highest BCUT2D eigenvalue weighted by Gasteiger charge is 2.25. The predicted octanol–water partition coefficient (Wildman–Crippen LogP) is 7.40. The summed E-state index contributed by atoms with van der Waals surface area (Å²) in [7, 11) is 0. The van der Waals surface area contributed by atoms with Crippen LogP contribution in [0, 0.1) is 13.8 Å². The zero-order chi connectivity index (χ0) is 31.1. The van der Waals surface area contributed by atoms with Crippen LogP contribution in [0.25, 0.3) is 0 Å². The number of ether oxygens (including phenoxy) is 2. The largest absolute Gasteiger partial charge is 0.462 e. The van der Waals surface area contributed by atoms with Crippen molar-refractivity contribution in [3.63, 3.8) is 0 Å². The van der Waals surface area contributed by atoms with Crippen LogP contribution in [0.3, 0.4) is 0 Å². The molecule has 0 amide bonds. The number of nitrogens with one attached hydrogen (secondary N) is 5. The van der Waals surface area contributed by atoms with Gasteiger partial charge in [0.25, 0.3) is 0 Å². The van der Waals surface area contributed by atoms with Gasteiger partial charge in [-0.15, -0.1) is 0 Å². The summed E-state index contributed by atoms with van der Waals surface area (Å²) in [5.74, 6) is -1.28. The lowest BCUT2D eigenvalue weighted by molar-refractivity contribution is 0.0479. The summed E-state index contributed by atoms with van der Waals surface area (Å²) in [6.45, 7) is 10.1. The highest BCUT2D eigenvalue weighted by molar-refractivity contribution is 7.20. The smallest absolute Gasteiger partial charge is 0.358 e. The quantitative estimate of drug-likeness (QED) is 0.0745. The van der Waals surface area contributed by atoms with Crippen molar-refractivity contribution in [2.45, 2.75) is 40.5 Å². The molecule has 5 N–H and O–H groups in total. The van der Waals surface area contributed by atoms with E-state index in [9.17, 15) is 9.59 Å². The number of aryl methyl sites for hydroxylation is 2. The van der Waals surface area contributed by atoms with E-state index in [-0.39, 0.29) is 23.8 Å². The number of thiophene rings is 1. The zero-order valence-corrected chi connectivity index (χ0v) is 26.8. The fourth-order valence-electron chi connectivity index (χ4n) is 4.72. The Morgan fingerprint density at radius 3 is 2.20 bits per heavy atom. The van der Waals surface area contributed by atoms with E-state index in [0.717, 1.165) is 63.3 Å². The summed E-state index contributed by atoms with van der Waals surface area (Å²) in [5, 5.41) is 6.22. The molecule has 0 bridgehead atoms. The molecule has 0 atom stereocenters. The van der Waals surface area contributed by atoms with Crippen LogP contribution in [0.4, 0.5) is 37.9 Å². The second-order valence-corrected chi connectivity index (χ2v) is 12.2. The van der Waals surface area contributed by atoms with Gasteiger partial charge in [-0.3, -0.25) is 16.3 Å². The lowest BCUT2D eigenvalue weighted by Crippen LogP contribution is -2.15. The fourth-order valence-corrected chi connectivity index (χ4v) is 6.43. The minimum atomic E-state index is -0.671. The molecule has 1 saturated heterocycles. The van der Waals surface area contributed by atoms with Crippen molar-refractivity contribution in [1.82, 2.24) is 4.98 Å². The Morgan fingerprint density at radius 2 is 1.48 bits per heavy atom. The number of benzene rings is 2. The van der Waals surface area contributed by atoms with Gasteiger partial charge in [-0.2, -0.15) is 0 Å². The van der Waals surface area contributed by atoms with Crippen LogP contribution in [0.1, 0.15) is 58.0 Å². The number of rotatable bonds is 13. The summed E-state index contributed by atoms with van der Waals surface area (Å²) in [4.78, 5) is 31.5. The molecule has 1 fully saturated rings. The van der Waals surface area contributed by atoms with Gasteiger partial charge in [-0.1, -0.05) is 22.7 Å². The van der Waals surface area contributed by atoms with Crippen molar-refractivity contribution in [3.8, 4) is 0 Å². The number of carbonyl (C=O) groups is 2. The van der Waals surface area contributed by atoms with Crippen LogP contribution in [0.5, 0.6) is 0 Å². The van der Waals surface area contributed by atoms with Gasteiger partial charge >= 0.3 is 11.9 Å². The minimum absolute atomic E-state index is 0.0681. The average Bonchev–Trinajstić information content (AvgIpc) is 3.78. The van der Waals surface area contributed by atoms with E-state index in [0.29, 0.717) is 5.13 Å². The molecule has 0 aliphatic carbocycles. The number of anilines is 7. The summed E-state index contributed by atoms with van der Waals surface area (Å²) >= 11 is 2.78. The Balaban J connectivity index is 1.18. The zero-order valence-electron chi connectivity index (χ0n) is 25.2. The van der Waals surface area contributed by atoms with E-state index in [1.165, 1.54) is 17.8 Å². The van der Waals surface area contributed by atoms with Gasteiger partial charge in [0.15, 0.2) is 5.69 Å². The van der Waals surface area contributed by atoms with E-state index < -0.39 is 11.9 Å². The summed E-state index contributed by atoms with van der Waals surface area (Å²) in [6, 6.07) is 16.4. The topological polar surface area (TPSA) is 129 Å². The molecule has 5 rings (SSSR count). The van der Waals surface area contributed by atoms with E-state index in [4.69, 9.17) is 9.47 Å². The molecule has 3 heterocycles. The van der Waals surface area contributed by atoms with Crippen LogP contribution >= 0.6 is 22.7 Å². The first-order valence-electron chi connectivity index (χ1n) is 14.6. The lowest BCUT2D eigenvalue weighted by atomic mass is 10.1. The number of esters is 2. The fraction of sp³-hybridized carbons (Fsp3) is 0.323. The number of carbonyl (C=O) groups excluding carboxylic acids is 2. The molecule has 0 saturated carbocycles. The molecule has 2 aromatic carbocycles. The molecular weight excluding hydrogens is 599 g/mol. The first-order chi connectivity index (χ1) is 21.3. The summed E-state index contributed by atoms with van der Waals surface area (Å²) in [6.07, 6.45) is 2.54. The average molecular weight is 636 g/mol. The third-order valence-corrected chi connectivity index (χ3v) is 8.94. The monoisotopic (exact) mass is 635 g/mol. The van der Waals surface area contributed by atoms with Crippen molar-refractivity contribution in [2.75, 3.05) is 58.2 Å². The standard InChI is InChI=1S/C31H37N7O4S2/c1-5-41-29(39)27-28(30(40)42-6-2)44-31(33-27)37-35-24-12-9-21(17-20(24)4)32-23-11-10-22(18-19(23)3)34-36-25-13-14-26(43-25)38-15-7-8-16-38/h9-14,17-18,32,34-36H,5-8,15-16H2,1-4H3,(H,33,37). The molecule has 0 spiro atoms. The van der Waals surface area contributed by atoms with Crippen LogP contribution in [-0.4, -0.2) is 43.2 Å². The second-order valence-electron chi connectivity index (χ2n) is 10.2. The molecule has 11 nitrogen and oxygen atoms in total. The summed E-state index contributed by atoms with van der Waals surface area (Å²) in [5.41, 5.74) is 18.5. The van der Waals surface area contributed by atoms with Gasteiger partial charge in [-0.25, -0.2) is 14.6 Å². The molecular formula is C31H37N7O4S2. The van der Waals surface area contributed by atoms with Crippen molar-refractivity contribution in [2.24, 2.45) is 0 Å². The molecule has 232 valence electrons. The first-order valence-corrected chi connectivity index (χ1v) is 16.2. The van der Waals surface area contributed by atoms with Gasteiger partial charge in [0.1, 0.15) is 9.88 Å². The maximum absolute atomic E-state index is 12.4. The maximum Gasteiger partial charge on any atom is 0.358 e. The number of aromatic nitrogens is 1. The molecule has 2 aromatic heterocycles. The molecule has 0 unspecified atom stereocenters.